The van der Waals surface area contributed by atoms with Crippen molar-refractivity contribution in [1.82, 2.24) is 5.32 Å². The Morgan fingerprint density at radius 1 is 1.39 bits per heavy atom. The molecule has 2 fully saturated rings. The van der Waals surface area contributed by atoms with Gasteiger partial charge in [-0.25, -0.2) is 0 Å². The fraction of sp³-hybridized carbons (Fsp3) is 1.00. The summed E-state index contributed by atoms with van der Waals surface area (Å²) in [6.45, 7) is 2.12. The van der Waals surface area contributed by atoms with Gasteiger partial charge in [0, 0.05) is 24.6 Å². The number of halogens is 3. The molecule has 1 N–H and O–H groups in total. The van der Waals surface area contributed by atoms with E-state index in [1.165, 1.54) is 0 Å². The van der Waals surface area contributed by atoms with E-state index < -0.39 is 12.8 Å². The van der Waals surface area contributed by atoms with Crippen LogP contribution >= 0.6 is 0 Å². The Morgan fingerprint density at radius 3 is 2.61 bits per heavy atom. The molecule has 0 aromatic carbocycles. The van der Waals surface area contributed by atoms with Crippen molar-refractivity contribution in [1.29, 1.82) is 0 Å². The van der Waals surface area contributed by atoms with E-state index in [1.807, 2.05) is 6.92 Å². The summed E-state index contributed by atoms with van der Waals surface area (Å²) in [5.74, 6) is 0. The van der Waals surface area contributed by atoms with Gasteiger partial charge in [-0.1, -0.05) is 0 Å². The molecule has 3 nitrogen and oxygen atoms in total. The minimum Gasteiger partial charge on any atom is -0.378 e. The molecule has 0 aromatic rings. The number of rotatable bonds is 6. The van der Waals surface area contributed by atoms with E-state index >= 15 is 0 Å². The van der Waals surface area contributed by atoms with Crippen molar-refractivity contribution < 1.29 is 22.6 Å². The van der Waals surface area contributed by atoms with Crippen molar-refractivity contribution in [2.75, 3.05) is 26.4 Å². The predicted molar refractivity (Wildman–Crippen MR) is 60.4 cm³/mol. The first-order valence-corrected chi connectivity index (χ1v) is 6.41. The lowest BCUT2D eigenvalue weighted by atomic mass is 9.82. The van der Waals surface area contributed by atoms with Gasteiger partial charge in [0.25, 0.3) is 0 Å². The average molecular weight is 267 g/mol. The third-order valence-corrected chi connectivity index (χ3v) is 3.81. The molecule has 1 aliphatic carbocycles. The van der Waals surface area contributed by atoms with Crippen LogP contribution in [-0.2, 0) is 9.47 Å². The summed E-state index contributed by atoms with van der Waals surface area (Å²) in [5, 5.41) is 3.38. The van der Waals surface area contributed by atoms with Crippen LogP contribution in [0.1, 0.15) is 26.2 Å². The summed E-state index contributed by atoms with van der Waals surface area (Å²) >= 11 is 0. The normalized spacial score (nSPS) is 33.0. The van der Waals surface area contributed by atoms with E-state index in [0.29, 0.717) is 19.2 Å². The lowest BCUT2D eigenvalue weighted by Crippen LogP contribution is -2.44. The van der Waals surface area contributed by atoms with Crippen molar-refractivity contribution in [2.45, 2.75) is 44.5 Å². The molecule has 0 bridgehead atoms. The molecule has 0 amide bonds. The van der Waals surface area contributed by atoms with Crippen LogP contribution < -0.4 is 5.32 Å². The van der Waals surface area contributed by atoms with Gasteiger partial charge in [-0.3, -0.25) is 0 Å². The van der Waals surface area contributed by atoms with Gasteiger partial charge >= 0.3 is 6.18 Å². The Morgan fingerprint density at radius 2 is 2.11 bits per heavy atom. The number of nitrogens with one attached hydrogen (secondary N) is 1. The molecule has 0 aromatic heterocycles. The second-order valence-electron chi connectivity index (χ2n) is 5.39. The van der Waals surface area contributed by atoms with Gasteiger partial charge in [0.1, 0.15) is 6.61 Å². The quantitative estimate of drug-likeness (QED) is 0.799. The maximum atomic E-state index is 12.1. The molecule has 2 atom stereocenters. The third kappa shape index (κ3) is 3.83. The molecule has 2 rings (SSSR count). The summed E-state index contributed by atoms with van der Waals surface area (Å²) < 4.78 is 46.7. The summed E-state index contributed by atoms with van der Waals surface area (Å²) in [6.07, 6.45) is -1.24. The Labute approximate surface area is 105 Å². The molecule has 1 saturated heterocycles. The van der Waals surface area contributed by atoms with Gasteiger partial charge in [0.2, 0.25) is 0 Å². The van der Waals surface area contributed by atoms with Gasteiger partial charge in [-0.05, 0) is 26.2 Å². The first kappa shape index (κ1) is 14.1. The van der Waals surface area contributed by atoms with Crippen LogP contribution in [0.25, 0.3) is 0 Å². The standard InChI is InChI=1S/C12H20F3NO2/c1-9-11(4-5-18-9,6-16-10-2-3-10)7-17-8-12(13,14)15/h9-10,16H,2-8H2,1H3. The molecule has 0 spiro atoms. The summed E-state index contributed by atoms with van der Waals surface area (Å²) in [7, 11) is 0. The molecule has 2 unspecified atom stereocenters. The molecule has 2 aliphatic rings. The monoisotopic (exact) mass is 267 g/mol. The van der Waals surface area contributed by atoms with Gasteiger partial charge in [0.05, 0.1) is 12.7 Å². The highest BCUT2D eigenvalue weighted by molar-refractivity contribution is 4.94. The summed E-state index contributed by atoms with van der Waals surface area (Å²) in [5.41, 5.74) is -0.312. The Kier molecular flexibility index (Phi) is 4.18. The minimum atomic E-state index is -4.26. The van der Waals surface area contributed by atoms with E-state index in [1.54, 1.807) is 0 Å². The summed E-state index contributed by atoms with van der Waals surface area (Å²) in [6, 6.07) is 0.539. The average Bonchev–Trinajstić information content (AvgIpc) is 3.01. The van der Waals surface area contributed by atoms with Crippen LogP contribution in [0, 0.1) is 5.41 Å². The molecule has 1 heterocycles. The first-order valence-electron chi connectivity index (χ1n) is 6.41. The first-order chi connectivity index (χ1) is 8.41. The van der Waals surface area contributed by atoms with Crippen molar-refractivity contribution in [3.63, 3.8) is 0 Å². The number of alkyl halides is 3. The largest absolute Gasteiger partial charge is 0.411 e. The number of hydrogen-bond acceptors (Lipinski definition) is 3. The van der Waals surface area contributed by atoms with Gasteiger partial charge in [-0.2, -0.15) is 13.2 Å². The highest BCUT2D eigenvalue weighted by Crippen LogP contribution is 2.36. The Hall–Kier alpha value is -0.330. The van der Waals surface area contributed by atoms with Crippen LogP contribution in [-0.4, -0.2) is 44.7 Å². The van der Waals surface area contributed by atoms with Crippen LogP contribution in [0.5, 0.6) is 0 Å². The number of ether oxygens (including phenoxy) is 2. The van der Waals surface area contributed by atoms with Gasteiger partial charge in [-0.15, -0.1) is 0 Å². The zero-order valence-corrected chi connectivity index (χ0v) is 10.6. The van der Waals surface area contributed by atoms with E-state index in [2.05, 4.69) is 5.32 Å². The molecule has 1 saturated carbocycles. The van der Waals surface area contributed by atoms with Crippen LogP contribution in [0.15, 0.2) is 0 Å². The zero-order valence-electron chi connectivity index (χ0n) is 10.6. The topological polar surface area (TPSA) is 30.5 Å². The molecule has 0 radical (unpaired) electrons. The maximum Gasteiger partial charge on any atom is 0.411 e. The molecule has 1 aliphatic heterocycles. The van der Waals surface area contributed by atoms with Crippen molar-refractivity contribution >= 4 is 0 Å². The fourth-order valence-electron chi connectivity index (χ4n) is 2.30. The van der Waals surface area contributed by atoms with E-state index in [4.69, 9.17) is 9.47 Å². The molecule has 6 heteroatoms. The lowest BCUT2D eigenvalue weighted by Gasteiger charge is -2.32. The Bertz CT molecular complexity index is 281. The van der Waals surface area contributed by atoms with Crippen LogP contribution in [0.3, 0.4) is 0 Å². The van der Waals surface area contributed by atoms with Crippen LogP contribution in [0.4, 0.5) is 13.2 Å². The van der Waals surface area contributed by atoms with E-state index in [-0.39, 0.29) is 18.1 Å². The van der Waals surface area contributed by atoms with E-state index in [9.17, 15) is 13.2 Å². The van der Waals surface area contributed by atoms with Crippen molar-refractivity contribution in [3.05, 3.63) is 0 Å². The zero-order chi connectivity index (χ0) is 13.2. The minimum absolute atomic E-state index is 0.0583. The smallest absolute Gasteiger partial charge is 0.378 e. The Balaban J connectivity index is 1.83. The molecule has 18 heavy (non-hydrogen) atoms. The van der Waals surface area contributed by atoms with Gasteiger partial charge in [0.15, 0.2) is 0 Å². The fourth-order valence-corrected chi connectivity index (χ4v) is 2.30. The van der Waals surface area contributed by atoms with E-state index in [0.717, 1.165) is 19.3 Å². The predicted octanol–water partition coefficient (Wildman–Crippen LogP) is 2.11. The second-order valence-corrected chi connectivity index (χ2v) is 5.39. The maximum absolute atomic E-state index is 12.1. The second kappa shape index (κ2) is 5.35. The summed E-state index contributed by atoms with van der Waals surface area (Å²) in [4.78, 5) is 0. The highest BCUT2D eigenvalue weighted by Gasteiger charge is 2.43. The van der Waals surface area contributed by atoms with Crippen molar-refractivity contribution in [3.8, 4) is 0 Å². The SMILES string of the molecule is CC1OCCC1(CNC1CC1)COCC(F)(F)F. The van der Waals surface area contributed by atoms with Gasteiger partial charge < -0.3 is 14.8 Å². The lowest BCUT2D eigenvalue weighted by molar-refractivity contribution is -0.182. The third-order valence-electron chi connectivity index (χ3n) is 3.81. The molecule has 106 valence electrons. The number of hydrogen-bond donors (Lipinski definition) is 1. The van der Waals surface area contributed by atoms with Crippen LogP contribution in [0.2, 0.25) is 0 Å². The van der Waals surface area contributed by atoms with Crippen molar-refractivity contribution in [2.24, 2.45) is 5.41 Å². The highest BCUT2D eigenvalue weighted by atomic mass is 19.4. The molecular weight excluding hydrogens is 247 g/mol. The molecular formula is C12H20F3NO2.